The van der Waals surface area contributed by atoms with Crippen molar-refractivity contribution in [1.82, 2.24) is 4.57 Å². The van der Waals surface area contributed by atoms with E-state index in [1.54, 1.807) is 24.3 Å². The van der Waals surface area contributed by atoms with E-state index in [1.807, 2.05) is 48.5 Å². The fourth-order valence-electron chi connectivity index (χ4n) is 4.50. The Morgan fingerprint density at radius 1 is 0.838 bits per heavy atom. The lowest BCUT2D eigenvalue weighted by atomic mass is 10.1. The van der Waals surface area contributed by atoms with Crippen molar-refractivity contribution in [2.24, 2.45) is 0 Å². The van der Waals surface area contributed by atoms with Gasteiger partial charge in [0.25, 0.3) is 0 Å². The van der Waals surface area contributed by atoms with Gasteiger partial charge in [0.05, 0.1) is 5.69 Å². The zero-order chi connectivity index (χ0) is 25.8. The summed E-state index contributed by atoms with van der Waals surface area (Å²) in [6.07, 6.45) is 0. The third-order valence-electron chi connectivity index (χ3n) is 6.28. The SMILES string of the molecule is Cc1c(-c2ccc(F)cc2)n(Cc2ccc(OCC(=O)O)cc2)c2ccc(OCc3ccccc3)cc12. The number of halogens is 1. The molecule has 0 aliphatic heterocycles. The summed E-state index contributed by atoms with van der Waals surface area (Å²) >= 11 is 0. The largest absolute Gasteiger partial charge is 0.489 e. The van der Waals surface area contributed by atoms with Gasteiger partial charge in [0.2, 0.25) is 0 Å². The second kappa shape index (κ2) is 10.6. The van der Waals surface area contributed by atoms with E-state index in [0.29, 0.717) is 18.9 Å². The summed E-state index contributed by atoms with van der Waals surface area (Å²) in [6.45, 7) is 2.74. The Bertz CT molecular complexity index is 1520. The molecule has 6 heteroatoms. The number of carboxylic acids is 1. The van der Waals surface area contributed by atoms with Gasteiger partial charge in [-0.15, -0.1) is 0 Å². The molecule has 0 radical (unpaired) electrons. The molecular formula is C31H26FNO4. The number of aliphatic carboxylic acids is 1. The fourth-order valence-corrected chi connectivity index (χ4v) is 4.50. The second-order valence-electron chi connectivity index (χ2n) is 8.85. The standard InChI is InChI=1S/C31H26FNO4/c1-21-28-17-27(36-19-23-5-3-2-4-6-23)15-16-29(28)33(31(21)24-9-11-25(32)12-10-24)18-22-7-13-26(14-8-22)37-20-30(34)35/h2-17H,18-20H2,1H3,(H,34,35). The molecule has 1 N–H and O–H groups in total. The van der Waals surface area contributed by atoms with Gasteiger partial charge in [0.1, 0.15) is 23.9 Å². The number of benzene rings is 4. The van der Waals surface area contributed by atoms with Crippen LogP contribution < -0.4 is 9.47 Å². The number of rotatable bonds is 9. The molecule has 4 aromatic carbocycles. The first-order valence-corrected chi connectivity index (χ1v) is 12.0. The van der Waals surface area contributed by atoms with Gasteiger partial charge in [-0.05, 0) is 83.8 Å². The highest BCUT2D eigenvalue weighted by Gasteiger charge is 2.17. The van der Waals surface area contributed by atoms with Gasteiger partial charge in [-0.25, -0.2) is 9.18 Å². The van der Waals surface area contributed by atoms with Gasteiger partial charge in [0, 0.05) is 17.4 Å². The van der Waals surface area contributed by atoms with Gasteiger partial charge >= 0.3 is 5.97 Å². The summed E-state index contributed by atoms with van der Waals surface area (Å²) in [5, 5.41) is 9.89. The van der Waals surface area contributed by atoms with E-state index in [-0.39, 0.29) is 12.4 Å². The zero-order valence-corrected chi connectivity index (χ0v) is 20.4. The highest BCUT2D eigenvalue weighted by atomic mass is 19.1. The third kappa shape index (κ3) is 5.48. The molecule has 37 heavy (non-hydrogen) atoms. The molecule has 5 nitrogen and oxygen atoms in total. The summed E-state index contributed by atoms with van der Waals surface area (Å²) in [5.74, 6) is -0.0205. The van der Waals surface area contributed by atoms with E-state index in [0.717, 1.165) is 44.6 Å². The first kappa shape index (κ1) is 24.1. The van der Waals surface area contributed by atoms with E-state index >= 15 is 0 Å². The third-order valence-corrected chi connectivity index (χ3v) is 6.28. The van der Waals surface area contributed by atoms with Gasteiger partial charge in [-0.3, -0.25) is 0 Å². The lowest BCUT2D eigenvalue weighted by molar-refractivity contribution is -0.139. The summed E-state index contributed by atoms with van der Waals surface area (Å²) in [6, 6.07) is 30.0. The number of ether oxygens (including phenoxy) is 2. The van der Waals surface area contributed by atoms with Crippen LogP contribution >= 0.6 is 0 Å². The van der Waals surface area contributed by atoms with Crippen molar-refractivity contribution < 1.29 is 23.8 Å². The van der Waals surface area contributed by atoms with Crippen molar-refractivity contribution in [1.29, 1.82) is 0 Å². The predicted octanol–water partition coefficient (Wildman–Crippen LogP) is 6.85. The fraction of sp³-hybridized carbons (Fsp3) is 0.129. The summed E-state index contributed by atoms with van der Waals surface area (Å²) in [7, 11) is 0. The molecule has 0 unspecified atom stereocenters. The van der Waals surface area contributed by atoms with Crippen LogP contribution in [-0.4, -0.2) is 22.2 Å². The molecule has 0 aliphatic rings. The van der Waals surface area contributed by atoms with Crippen molar-refractivity contribution in [2.75, 3.05) is 6.61 Å². The normalized spacial score (nSPS) is 11.0. The minimum Gasteiger partial charge on any atom is -0.489 e. The van der Waals surface area contributed by atoms with Gasteiger partial charge in [-0.1, -0.05) is 42.5 Å². The average Bonchev–Trinajstić information content (AvgIpc) is 3.18. The Kier molecular flexibility index (Phi) is 6.90. The monoisotopic (exact) mass is 495 g/mol. The molecule has 0 saturated carbocycles. The summed E-state index contributed by atoms with van der Waals surface area (Å²) < 4.78 is 27.3. The molecule has 0 fully saturated rings. The maximum Gasteiger partial charge on any atom is 0.341 e. The van der Waals surface area contributed by atoms with Gasteiger partial charge in [0.15, 0.2) is 6.61 Å². The molecule has 1 aromatic heterocycles. The van der Waals surface area contributed by atoms with E-state index < -0.39 is 5.97 Å². The first-order valence-electron chi connectivity index (χ1n) is 12.0. The minimum atomic E-state index is -1.02. The number of hydrogen-bond acceptors (Lipinski definition) is 3. The van der Waals surface area contributed by atoms with Crippen molar-refractivity contribution >= 4 is 16.9 Å². The molecule has 0 saturated heterocycles. The summed E-state index contributed by atoms with van der Waals surface area (Å²) in [4.78, 5) is 10.8. The maximum atomic E-state index is 13.7. The van der Waals surface area contributed by atoms with E-state index in [4.69, 9.17) is 14.6 Å². The van der Waals surface area contributed by atoms with Crippen molar-refractivity contribution in [2.45, 2.75) is 20.1 Å². The molecule has 1 heterocycles. The molecule has 0 bridgehead atoms. The van der Waals surface area contributed by atoms with Crippen LogP contribution in [0.3, 0.4) is 0 Å². The van der Waals surface area contributed by atoms with Crippen LogP contribution in [0.1, 0.15) is 16.7 Å². The Morgan fingerprint density at radius 3 is 2.24 bits per heavy atom. The topological polar surface area (TPSA) is 60.7 Å². The molecule has 0 spiro atoms. The average molecular weight is 496 g/mol. The zero-order valence-electron chi connectivity index (χ0n) is 20.4. The van der Waals surface area contributed by atoms with Crippen LogP contribution in [0.5, 0.6) is 11.5 Å². The number of hydrogen-bond donors (Lipinski definition) is 1. The lowest BCUT2D eigenvalue weighted by Crippen LogP contribution is -2.09. The predicted molar refractivity (Wildman–Crippen MR) is 142 cm³/mol. The van der Waals surface area contributed by atoms with Crippen LogP contribution in [0.4, 0.5) is 4.39 Å². The van der Waals surface area contributed by atoms with Crippen LogP contribution in [0.15, 0.2) is 97.1 Å². The first-order chi connectivity index (χ1) is 18.0. The highest BCUT2D eigenvalue weighted by molar-refractivity contribution is 5.92. The number of carbonyl (C=O) groups is 1. The molecule has 0 amide bonds. The Morgan fingerprint density at radius 2 is 1.54 bits per heavy atom. The molecule has 0 aliphatic carbocycles. The highest BCUT2D eigenvalue weighted by Crippen LogP contribution is 2.36. The number of nitrogens with zero attached hydrogens (tertiary/aromatic N) is 1. The van der Waals surface area contributed by atoms with E-state index in [9.17, 15) is 9.18 Å². The smallest absolute Gasteiger partial charge is 0.341 e. The lowest BCUT2D eigenvalue weighted by Gasteiger charge is -2.13. The Balaban J connectivity index is 1.50. The van der Waals surface area contributed by atoms with E-state index in [2.05, 4.69) is 23.6 Å². The maximum absolute atomic E-state index is 13.7. The quantitative estimate of drug-likeness (QED) is 0.243. The Hall–Kier alpha value is -4.58. The molecule has 5 rings (SSSR count). The minimum absolute atomic E-state index is 0.280. The van der Waals surface area contributed by atoms with Crippen LogP contribution in [-0.2, 0) is 17.9 Å². The number of aromatic nitrogens is 1. The number of aryl methyl sites for hydroxylation is 1. The molecule has 186 valence electrons. The van der Waals surface area contributed by atoms with Crippen LogP contribution in [0.2, 0.25) is 0 Å². The van der Waals surface area contributed by atoms with Crippen molar-refractivity contribution in [3.63, 3.8) is 0 Å². The molecule has 5 aromatic rings. The van der Waals surface area contributed by atoms with Crippen molar-refractivity contribution in [3.8, 4) is 22.8 Å². The Labute approximate surface area is 214 Å². The van der Waals surface area contributed by atoms with Crippen LogP contribution in [0, 0.1) is 12.7 Å². The second-order valence-corrected chi connectivity index (χ2v) is 8.85. The van der Waals surface area contributed by atoms with Crippen molar-refractivity contribution in [3.05, 3.63) is 120 Å². The molecule has 0 atom stereocenters. The van der Waals surface area contributed by atoms with Gasteiger partial charge < -0.3 is 19.1 Å². The number of carboxylic acid groups (broad SMARTS) is 1. The van der Waals surface area contributed by atoms with Gasteiger partial charge in [-0.2, -0.15) is 0 Å². The van der Waals surface area contributed by atoms with Crippen LogP contribution in [0.25, 0.3) is 22.2 Å². The number of fused-ring (bicyclic) bond motifs is 1. The van der Waals surface area contributed by atoms with E-state index in [1.165, 1.54) is 12.1 Å². The summed E-state index contributed by atoms with van der Waals surface area (Å²) in [5.41, 5.74) is 6.15. The molecular weight excluding hydrogens is 469 g/mol.